The van der Waals surface area contributed by atoms with E-state index in [9.17, 15) is 0 Å². The van der Waals surface area contributed by atoms with Gasteiger partial charge in [0.05, 0.1) is 0 Å². The van der Waals surface area contributed by atoms with Gasteiger partial charge in [0, 0.05) is 6.20 Å². The van der Waals surface area contributed by atoms with Crippen LogP contribution in [0.15, 0.2) is 116 Å². The maximum absolute atomic E-state index is 6.70. The number of fused-ring (bicyclic) bond motifs is 6. The van der Waals surface area contributed by atoms with Gasteiger partial charge in [0.1, 0.15) is 0 Å². The summed E-state index contributed by atoms with van der Waals surface area (Å²) < 4.78 is 14.6. The molecule has 1 aliphatic rings. The summed E-state index contributed by atoms with van der Waals surface area (Å²) in [6.07, 6.45) is 5.60. The van der Waals surface area contributed by atoms with E-state index in [-0.39, 0.29) is 16.2 Å². The Balaban J connectivity index is 1.20. The quantitative estimate of drug-likeness (QED) is 0.173. The van der Waals surface area contributed by atoms with Crippen molar-refractivity contribution in [2.24, 2.45) is 5.41 Å². The van der Waals surface area contributed by atoms with E-state index in [2.05, 4.69) is 190 Å². The average Bonchev–Trinajstić information content (AvgIpc) is 3.65. The third-order valence-corrected chi connectivity index (χ3v) is 13.7. The number of benzene rings is 4. The Morgan fingerprint density at radius 3 is 2.02 bits per heavy atom. The average molecular weight is 877 g/mol. The maximum atomic E-state index is 6.70. The molecule has 0 saturated carbocycles. The van der Waals surface area contributed by atoms with E-state index in [4.69, 9.17) is 9.72 Å². The molecule has 7 heteroatoms. The van der Waals surface area contributed by atoms with Crippen molar-refractivity contribution in [1.82, 2.24) is 23.7 Å². The van der Waals surface area contributed by atoms with Crippen molar-refractivity contribution in [2.75, 3.05) is 0 Å². The fourth-order valence-corrected chi connectivity index (χ4v) is 9.76. The van der Waals surface area contributed by atoms with Crippen LogP contribution in [0.3, 0.4) is 0 Å². The Morgan fingerprint density at radius 1 is 0.604 bits per heavy atom. The predicted octanol–water partition coefficient (Wildman–Crippen LogP) is 11.4. The molecule has 0 amide bonds. The normalized spacial score (nSPS) is 15.7. The number of hydrogen-bond donors (Lipinski definition) is 0. The van der Waals surface area contributed by atoms with E-state index in [1.54, 1.807) is 6.20 Å². The van der Waals surface area contributed by atoms with Crippen molar-refractivity contribution in [3.63, 3.8) is 0 Å². The van der Waals surface area contributed by atoms with E-state index < -0.39 is 0 Å². The zero-order valence-electron chi connectivity index (χ0n) is 31.4. The van der Waals surface area contributed by atoms with Crippen LogP contribution >= 0.6 is 0 Å². The molecule has 4 heterocycles. The molecule has 0 atom stereocenters. The fourth-order valence-electron chi connectivity index (χ4n) is 8.63. The number of aromatic nitrogens is 5. The number of ether oxygens (including phenoxy) is 1. The summed E-state index contributed by atoms with van der Waals surface area (Å²) >= 11 is 2.42. The molecule has 0 fully saturated rings. The molecule has 6 nitrogen and oxygen atoms in total. The number of aryl methyl sites for hydroxylation is 2. The number of imidazole rings is 1. The van der Waals surface area contributed by atoms with Gasteiger partial charge in [-0.25, -0.2) is 0 Å². The Bertz CT molecular complexity index is 2830. The SMILES string of the molecule is Cc1ccc(-n2[c](=[Pt])n(-c3cncc(Oc4ccc5c6ccc7c(c6n(-c6cc(C)ccn6)c5c4)C(C)(C)C(C)(C)C7(C)C)c3)c3ccccc32)cc1. The molecular weight excluding hydrogens is 834 g/mol. The first kappa shape index (κ1) is 33.8. The molecule has 1 aliphatic carbocycles. The van der Waals surface area contributed by atoms with Crippen LogP contribution in [0.4, 0.5) is 0 Å². The summed E-state index contributed by atoms with van der Waals surface area (Å²) in [7, 11) is 0. The summed E-state index contributed by atoms with van der Waals surface area (Å²) in [6, 6.07) is 34.6. The Morgan fingerprint density at radius 2 is 1.30 bits per heavy atom. The number of rotatable bonds is 5. The first-order chi connectivity index (χ1) is 25.3. The summed E-state index contributed by atoms with van der Waals surface area (Å²) in [5.41, 5.74) is 11.7. The molecule has 0 spiro atoms. The summed E-state index contributed by atoms with van der Waals surface area (Å²) in [4.78, 5) is 9.63. The third kappa shape index (κ3) is 4.84. The van der Waals surface area contributed by atoms with Gasteiger partial charge >= 0.3 is 228 Å². The zero-order valence-corrected chi connectivity index (χ0v) is 33.7. The molecule has 9 rings (SSSR count). The molecule has 0 aliphatic heterocycles. The minimum atomic E-state index is -0.0927. The van der Waals surface area contributed by atoms with Gasteiger partial charge in [0.15, 0.2) is 0 Å². The van der Waals surface area contributed by atoms with Gasteiger partial charge in [-0.3, -0.25) is 0 Å². The molecular formula is C46H43N5OPt. The van der Waals surface area contributed by atoms with Crippen molar-refractivity contribution in [3.05, 3.63) is 142 Å². The van der Waals surface area contributed by atoms with Crippen molar-refractivity contribution in [3.8, 4) is 28.7 Å². The Kier molecular flexibility index (Phi) is 7.46. The standard InChI is InChI=1S/C46H43N5O.Pt/c1-29-13-15-31(16-14-29)49-28-50(39-12-10-9-11-38(39)49)32-24-34(27-47-26-32)52-33-17-18-35-36-19-20-37-42(45(5,6)46(7,8)44(37,3)4)43(36)51(40(35)25-33)41-23-30(2)21-22-48-41;/h9-27H,1-8H3;. The summed E-state index contributed by atoms with van der Waals surface area (Å²) in [5.74, 6) is 2.32. The molecule has 0 N–H and O–H groups in total. The molecule has 4 aromatic carbocycles. The number of nitrogens with zero attached hydrogens (tertiary/aromatic N) is 5. The summed E-state index contributed by atoms with van der Waals surface area (Å²) in [6.45, 7) is 18.7. The van der Waals surface area contributed by atoms with Gasteiger partial charge in [0.25, 0.3) is 0 Å². The third-order valence-electron chi connectivity index (χ3n) is 12.6. The van der Waals surface area contributed by atoms with Crippen molar-refractivity contribution in [1.29, 1.82) is 0 Å². The van der Waals surface area contributed by atoms with E-state index in [0.29, 0.717) is 5.75 Å². The monoisotopic (exact) mass is 876 g/mol. The van der Waals surface area contributed by atoms with Crippen LogP contribution in [-0.2, 0) is 30.2 Å². The molecule has 268 valence electrons. The first-order valence-corrected chi connectivity index (χ1v) is 19.4. The second kappa shape index (κ2) is 11.7. The summed E-state index contributed by atoms with van der Waals surface area (Å²) in [5, 5.41) is 2.41. The molecule has 0 unspecified atom stereocenters. The van der Waals surface area contributed by atoms with Crippen LogP contribution in [-0.4, -0.2) is 23.7 Å². The minimum absolute atomic E-state index is 0.0179. The predicted molar refractivity (Wildman–Crippen MR) is 212 cm³/mol. The number of hydrogen-bond acceptors (Lipinski definition) is 3. The second-order valence-electron chi connectivity index (χ2n) is 16.2. The van der Waals surface area contributed by atoms with Crippen LogP contribution in [0.1, 0.15) is 63.8 Å². The van der Waals surface area contributed by atoms with Crippen molar-refractivity contribution < 1.29 is 24.1 Å². The molecule has 0 saturated heterocycles. The second-order valence-corrected chi connectivity index (χ2v) is 17.2. The number of para-hydroxylation sites is 2. The first-order valence-electron chi connectivity index (χ1n) is 18.2. The Labute approximate surface area is 321 Å². The van der Waals surface area contributed by atoms with Crippen molar-refractivity contribution >= 4 is 32.8 Å². The topological polar surface area (TPSA) is 49.8 Å². The van der Waals surface area contributed by atoms with E-state index in [1.165, 1.54) is 38.5 Å². The Hall–Kier alpha value is -5.06. The van der Waals surface area contributed by atoms with Gasteiger partial charge < -0.3 is 0 Å². The zero-order chi connectivity index (χ0) is 37.0. The van der Waals surface area contributed by atoms with Gasteiger partial charge in [-0.05, 0) is 40.4 Å². The molecule has 4 aromatic heterocycles. The van der Waals surface area contributed by atoms with Crippen LogP contribution in [0.5, 0.6) is 11.5 Å². The fraction of sp³-hybridized carbons (Fsp3) is 0.239. The van der Waals surface area contributed by atoms with E-state index in [0.717, 1.165) is 43.3 Å². The molecule has 8 aromatic rings. The van der Waals surface area contributed by atoms with Gasteiger partial charge in [-0.1, -0.05) is 47.6 Å². The van der Waals surface area contributed by atoms with Crippen LogP contribution < -0.4 is 4.74 Å². The van der Waals surface area contributed by atoms with E-state index in [1.807, 2.05) is 12.4 Å². The van der Waals surface area contributed by atoms with Gasteiger partial charge in [-0.2, -0.15) is 0 Å². The van der Waals surface area contributed by atoms with Gasteiger partial charge in [0.2, 0.25) is 0 Å². The van der Waals surface area contributed by atoms with Gasteiger partial charge in [-0.15, -0.1) is 0 Å². The van der Waals surface area contributed by atoms with Crippen LogP contribution in [0, 0.1) is 23.1 Å². The molecule has 0 bridgehead atoms. The molecule has 53 heavy (non-hydrogen) atoms. The van der Waals surface area contributed by atoms with Crippen LogP contribution in [0.2, 0.25) is 0 Å². The molecule has 0 radical (unpaired) electrons. The number of pyridine rings is 2. The van der Waals surface area contributed by atoms with E-state index >= 15 is 0 Å². The van der Waals surface area contributed by atoms with Crippen LogP contribution in [0.25, 0.3) is 50.0 Å². The van der Waals surface area contributed by atoms with Crippen molar-refractivity contribution in [2.45, 2.75) is 66.2 Å².